The average Bonchev–Trinajstić information content (AvgIpc) is 3.09. The van der Waals surface area contributed by atoms with Gasteiger partial charge in [0.2, 0.25) is 0 Å². The first-order valence-electron chi connectivity index (χ1n) is 8.55. The van der Waals surface area contributed by atoms with Crippen molar-refractivity contribution in [3.63, 3.8) is 0 Å². The molecule has 27 heavy (non-hydrogen) atoms. The Kier molecular flexibility index (Phi) is 4.60. The van der Waals surface area contributed by atoms with E-state index in [1.807, 2.05) is 72.3 Å². The standard InChI is InChI=1S/C21H17ClN4O/c1-14-17(22)5-4-7-18(14)23-21(27)16-11-9-15(10-12-16)13-26-20-8-3-2-6-19(20)24-25-26/h2-12H,13H2,1H3,(H,23,27). The van der Waals surface area contributed by atoms with Crippen LogP contribution in [0.4, 0.5) is 5.69 Å². The number of carbonyl (C=O) groups is 1. The van der Waals surface area contributed by atoms with Crippen molar-refractivity contribution in [1.82, 2.24) is 15.0 Å². The first kappa shape index (κ1) is 17.2. The number of nitrogens with one attached hydrogen (secondary N) is 1. The molecule has 0 atom stereocenters. The maximum Gasteiger partial charge on any atom is 0.255 e. The van der Waals surface area contributed by atoms with E-state index >= 15 is 0 Å². The summed E-state index contributed by atoms with van der Waals surface area (Å²) in [7, 11) is 0. The third-order valence-electron chi connectivity index (χ3n) is 4.48. The molecule has 1 aromatic heterocycles. The van der Waals surface area contributed by atoms with Crippen LogP contribution in [0.2, 0.25) is 5.02 Å². The van der Waals surface area contributed by atoms with E-state index in [9.17, 15) is 4.79 Å². The van der Waals surface area contributed by atoms with Crippen LogP contribution in [-0.2, 0) is 6.54 Å². The molecule has 4 rings (SSSR count). The molecule has 0 saturated heterocycles. The van der Waals surface area contributed by atoms with E-state index in [2.05, 4.69) is 15.6 Å². The van der Waals surface area contributed by atoms with Gasteiger partial charge in [0.15, 0.2) is 0 Å². The summed E-state index contributed by atoms with van der Waals surface area (Å²) in [5.41, 5.74) is 5.04. The number of hydrogen-bond acceptors (Lipinski definition) is 3. The molecule has 134 valence electrons. The van der Waals surface area contributed by atoms with E-state index in [4.69, 9.17) is 11.6 Å². The average molecular weight is 377 g/mol. The summed E-state index contributed by atoms with van der Waals surface area (Å²) in [5, 5.41) is 11.9. The topological polar surface area (TPSA) is 59.8 Å². The molecular weight excluding hydrogens is 360 g/mol. The van der Waals surface area contributed by atoms with Crippen molar-refractivity contribution in [1.29, 1.82) is 0 Å². The number of halogens is 1. The molecule has 0 fully saturated rings. The minimum absolute atomic E-state index is 0.168. The van der Waals surface area contributed by atoms with Gasteiger partial charge in [-0.05, 0) is 54.4 Å². The summed E-state index contributed by atoms with van der Waals surface area (Å²) in [6.45, 7) is 2.47. The highest BCUT2D eigenvalue weighted by Gasteiger charge is 2.10. The second-order valence-corrected chi connectivity index (χ2v) is 6.71. The largest absolute Gasteiger partial charge is 0.322 e. The molecule has 0 unspecified atom stereocenters. The van der Waals surface area contributed by atoms with E-state index in [0.29, 0.717) is 22.8 Å². The van der Waals surface area contributed by atoms with Crippen LogP contribution >= 0.6 is 11.6 Å². The lowest BCUT2D eigenvalue weighted by molar-refractivity contribution is 0.102. The molecule has 0 saturated carbocycles. The lowest BCUT2D eigenvalue weighted by atomic mass is 10.1. The zero-order valence-corrected chi connectivity index (χ0v) is 15.4. The summed E-state index contributed by atoms with van der Waals surface area (Å²) in [6, 6.07) is 20.8. The maximum absolute atomic E-state index is 12.5. The molecule has 0 bridgehead atoms. The summed E-state index contributed by atoms with van der Waals surface area (Å²) >= 11 is 6.11. The van der Waals surface area contributed by atoms with Gasteiger partial charge in [0.05, 0.1) is 12.1 Å². The van der Waals surface area contributed by atoms with Crippen molar-refractivity contribution in [3.05, 3.63) is 88.4 Å². The van der Waals surface area contributed by atoms with Crippen LogP contribution < -0.4 is 5.32 Å². The Morgan fingerprint density at radius 3 is 2.63 bits per heavy atom. The van der Waals surface area contributed by atoms with Gasteiger partial charge in [0.1, 0.15) is 5.52 Å². The Hall–Kier alpha value is -3.18. The van der Waals surface area contributed by atoms with E-state index in [1.54, 1.807) is 6.07 Å². The quantitative estimate of drug-likeness (QED) is 0.562. The van der Waals surface area contributed by atoms with Crippen LogP contribution in [0.3, 0.4) is 0 Å². The highest BCUT2D eigenvalue weighted by Crippen LogP contribution is 2.23. The smallest absolute Gasteiger partial charge is 0.255 e. The number of aromatic nitrogens is 3. The molecule has 0 aliphatic rings. The lowest BCUT2D eigenvalue weighted by Crippen LogP contribution is -2.13. The highest BCUT2D eigenvalue weighted by atomic mass is 35.5. The van der Waals surface area contributed by atoms with E-state index in [0.717, 1.165) is 22.2 Å². The Morgan fingerprint density at radius 2 is 1.81 bits per heavy atom. The number of carbonyl (C=O) groups excluding carboxylic acids is 1. The zero-order chi connectivity index (χ0) is 18.8. The number of fused-ring (bicyclic) bond motifs is 1. The Balaban J connectivity index is 1.50. The number of para-hydroxylation sites is 1. The number of anilines is 1. The molecular formula is C21H17ClN4O. The fourth-order valence-corrected chi connectivity index (χ4v) is 3.08. The van der Waals surface area contributed by atoms with Crippen LogP contribution in [0.5, 0.6) is 0 Å². The second kappa shape index (κ2) is 7.21. The summed E-state index contributed by atoms with van der Waals surface area (Å²) in [5.74, 6) is -0.168. The molecule has 6 heteroatoms. The molecule has 0 radical (unpaired) electrons. The van der Waals surface area contributed by atoms with Gasteiger partial charge in [-0.25, -0.2) is 4.68 Å². The monoisotopic (exact) mass is 376 g/mol. The Morgan fingerprint density at radius 1 is 1.04 bits per heavy atom. The normalized spacial score (nSPS) is 10.9. The summed E-state index contributed by atoms with van der Waals surface area (Å²) in [4.78, 5) is 12.5. The van der Waals surface area contributed by atoms with E-state index < -0.39 is 0 Å². The van der Waals surface area contributed by atoms with Gasteiger partial charge in [0, 0.05) is 16.3 Å². The minimum Gasteiger partial charge on any atom is -0.322 e. The Labute approximate surface area is 161 Å². The molecule has 0 aliphatic carbocycles. The first-order valence-corrected chi connectivity index (χ1v) is 8.93. The van der Waals surface area contributed by atoms with Gasteiger partial charge < -0.3 is 5.32 Å². The van der Waals surface area contributed by atoms with Crippen LogP contribution in [-0.4, -0.2) is 20.9 Å². The first-order chi connectivity index (χ1) is 13.1. The predicted molar refractivity (Wildman–Crippen MR) is 107 cm³/mol. The van der Waals surface area contributed by atoms with Crippen LogP contribution in [0.25, 0.3) is 11.0 Å². The van der Waals surface area contributed by atoms with Gasteiger partial charge in [-0.2, -0.15) is 0 Å². The predicted octanol–water partition coefficient (Wildman–Crippen LogP) is 4.69. The van der Waals surface area contributed by atoms with Crippen molar-refractivity contribution < 1.29 is 4.79 Å². The van der Waals surface area contributed by atoms with Crippen molar-refractivity contribution in [2.75, 3.05) is 5.32 Å². The fourth-order valence-electron chi connectivity index (χ4n) is 2.91. The molecule has 5 nitrogen and oxygen atoms in total. The lowest BCUT2D eigenvalue weighted by Gasteiger charge is -2.10. The van der Waals surface area contributed by atoms with Crippen molar-refractivity contribution >= 4 is 34.2 Å². The van der Waals surface area contributed by atoms with Gasteiger partial charge in [-0.1, -0.05) is 47.1 Å². The van der Waals surface area contributed by atoms with Crippen molar-refractivity contribution in [2.24, 2.45) is 0 Å². The van der Waals surface area contributed by atoms with E-state index in [1.165, 1.54) is 0 Å². The fraction of sp³-hybridized carbons (Fsp3) is 0.0952. The molecule has 3 aromatic carbocycles. The second-order valence-electron chi connectivity index (χ2n) is 6.30. The van der Waals surface area contributed by atoms with Gasteiger partial charge in [-0.3, -0.25) is 4.79 Å². The number of rotatable bonds is 4. The zero-order valence-electron chi connectivity index (χ0n) is 14.7. The molecule has 0 aliphatic heterocycles. The number of nitrogens with zero attached hydrogens (tertiary/aromatic N) is 3. The van der Waals surface area contributed by atoms with Gasteiger partial charge in [0.25, 0.3) is 5.91 Å². The summed E-state index contributed by atoms with van der Waals surface area (Å²) in [6.07, 6.45) is 0. The third kappa shape index (κ3) is 3.55. The summed E-state index contributed by atoms with van der Waals surface area (Å²) < 4.78 is 1.85. The molecule has 1 heterocycles. The van der Waals surface area contributed by atoms with Crippen molar-refractivity contribution in [3.8, 4) is 0 Å². The Bertz CT molecular complexity index is 1120. The molecule has 1 N–H and O–H groups in total. The third-order valence-corrected chi connectivity index (χ3v) is 4.89. The van der Waals surface area contributed by atoms with Gasteiger partial charge in [-0.15, -0.1) is 5.10 Å². The SMILES string of the molecule is Cc1c(Cl)cccc1NC(=O)c1ccc(Cn2nnc3ccccc32)cc1. The maximum atomic E-state index is 12.5. The van der Waals surface area contributed by atoms with Gasteiger partial charge >= 0.3 is 0 Å². The number of amides is 1. The van der Waals surface area contributed by atoms with Crippen molar-refractivity contribution in [2.45, 2.75) is 13.5 Å². The number of hydrogen-bond donors (Lipinski definition) is 1. The molecule has 1 amide bonds. The molecule has 0 spiro atoms. The molecule has 4 aromatic rings. The van der Waals surface area contributed by atoms with E-state index in [-0.39, 0.29) is 5.91 Å². The number of benzene rings is 3. The minimum atomic E-state index is -0.168. The van der Waals surface area contributed by atoms with Crippen LogP contribution in [0.15, 0.2) is 66.7 Å². The van der Waals surface area contributed by atoms with Crippen LogP contribution in [0.1, 0.15) is 21.5 Å². The highest BCUT2D eigenvalue weighted by molar-refractivity contribution is 6.31. The van der Waals surface area contributed by atoms with Crippen LogP contribution in [0, 0.1) is 6.92 Å².